The number of halogens is 2. The summed E-state index contributed by atoms with van der Waals surface area (Å²) in [5.74, 6) is -1.19. The molecule has 10 heteroatoms. The van der Waals surface area contributed by atoms with E-state index in [0.717, 1.165) is 11.8 Å². The van der Waals surface area contributed by atoms with Crippen molar-refractivity contribution in [2.24, 2.45) is 5.10 Å². The van der Waals surface area contributed by atoms with Gasteiger partial charge in [-0.1, -0.05) is 36.4 Å². The third-order valence-electron chi connectivity index (χ3n) is 5.78. The Kier molecular flexibility index (Phi) is 6.82. The lowest BCUT2D eigenvalue weighted by Gasteiger charge is -2.22. The molecule has 1 fully saturated rings. The van der Waals surface area contributed by atoms with Gasteiger partial charge in [-0.3, -0.25) is 19.7 Å². The van der Waals surface area contributed by atoms with E-state index in [1.54, 1.807) is 54.6 Å². The fourth-order valence-corrected chi connectivity index (χ4v) is 4.63. The van der Waals surface area contributed by atoms with Gasteiger partial charge in [0.15, 0.2) is 6.61 Å². The second-order valence-electron chi connectivity index (χ2n) is 8.27. The summed E-state index contributed by atoms with van der Waals surface area (Å²) in [6.07, 6.45) is 1.96. The van der Waals surface area contributed by atoms with Crippen LogP contribution in [0.15, 0.2) is 82.8 Å². The molecule has 1 atom stereocenters. The summed E-state index contributed by atoms with van der Waals surface area (Å²) in [4.78, 5) is 36.4. The number of rotatable bonds is 6. The van der Waals surface area contributed by atoms with Gasteiger partial charge in [0.25, 0.3) is 17.1 Å². The van der Waals surface area contributed by atoms with Crippen LogP contribution in [0.3, 0.4) is 0 Å². The summed E-state index contributed by atoms with van der Waals surface area (Å²) in [6, 6.07) is 17.9. The van der Waals surface area contributed by atoms with Crippen LogP contribution in [0, 0.1) is 11.6 Å². The van der Waals surface area contributed by atoms with Crippen molar-refractivity contribution < 1.29 is 27.9 Å². The van der Waals surface area contributed by atoms with Crippen molar-refractivity contribution >= 4 is 40.6 Å². The maximum Gasteiger partial charge on any atom is 0.290 e. The van der Waals surface area contributed by atoms with Crippen LogP contribution in [0.25, 0.3) is 6.08 Å². The molecule has 2 heterocycles. The molecular formula is C27H19F2N3O4S. The number of ether oxygens (including phenoxy) is 1. The number of carbonyl (C=O) groups is 3. The molecule has 0 bridgehead atoms. The highest BCUT2D eigenvalue weighted by atomic mass is 32.2. The number of thioether (sulfide) groups is 1. The van der Waals surface area contributed by atoms with Crippen molar-refractivity contribution in [1.29, 1.82) is 0 Å². The highest BCUT2D eigenvalue weighted by Crippen LogP contribution is 2.33. The zero-order valence-electron chi connectivity index (χ0n) is 19.2. The predicted octanol–water partition coefficient (Wildman–Crippen LogP) is 5.05. The molecule has 0 aliphatic carbocycles. The summed E-state index contributed by atoms with van der Waals surface area (Å²) >= 11 is 0.828. The van der Waals surface area contributed by atoms with E-state index in [0.29, 0.717) is 39.5 Å². The Bertz CT molecular complexity index is 1420. The largest absolute Gasteiger partial charge is 0.484 e. The first-order valence-corrected chi connectivity index (χ1v) is 12.1. The van der Waals surface area contributed by atoms with Gasteiger partial charge < -0.3 is 4.74 Å². The number of hydrogen-bond acceptors (Lipinski definition) is 6. The van der Waals surface area contributed by atoms with E-state index >= 15 is 0 Å². The molecule has 1 saturated heterocycles. The van der Waals surface area contributed by atoms with Crippen molar-refractivity contribution in [3.8, 4) is 5.75 Å². The molecule has 0 spiro atoms. The van der Waals surface area contributed by atoms with Crippen LogP contribution in [0.2, 0.25) is 0 Å². The van der Waals surface area contributed by atoms with Crippen LogP contribution in [-0.2, 0) is 9.59 Å². The molecule has 0 saturated carbocycles. The Hall–Kier alpha value is -4.31. The Labute approximate surface area is 214 Å². The number of nitrogens with zero attached hydrogens (tertiary/aromatic N) is 2. The topological polar surface area (TPSA) is 88.1 Å². The summed E-state index contributed by atoms with van der Waals surface area (Å²) < 4.78 is 32.6. The van der Waals surface area contributed by atoms with Gasteiger partial charge in [-0.15, -0.1) is 0 Å². The summed E-state index contributed by atoms with van der Waals surface area (Å²) in [6.45, 7) is -0.301. The lowest BCUT2D eigenvalue weighted by atomic mass is 9.98. The quantitative estimate of drug-likeness (QED) is 0.461. The Morgan fingerprint density at radius 2 is 1.65 bits per heavy atom. The second-order valence-corrected chi connectivity index (χ2v) is 9.29. The van der Waals surface area contributed by atoms with E-state index < -0.39 is 23.1 Å². The van der Waals surface area contributed by atoms with Gasteiger partial charge in [0.1, 0.15) is 17.4 Å². The second kappa shape index (κ2) is 10.4. The first-order chi connectivity index (χ1) is 17.9. The number of hydrogen-bond donors (Lipinski definition) is 1. The van der Waals surface area contributed by atoms with Crippen LogP contribution in [-0.4, -0.2) is 34.4 Å². The van der Waals surface area contributed by atoms with E-state index in [2.05, 4.69) is 10.4 Å². The van der Waals surface area contributed by atoms with Crippen molar-refractivity contribution in [3.05, 3.63) is 106 Å². The lowest BCUT2D eigenvalue weighted by Crippen LogP contribution is -2.31. The summed E-state index contributed by atoms with van der Waals surface area (Å²) in [5.41, 5.74) is 2.69. The number of benzene rings is 3. The third-order valence-corrected chi connectivity index (χ3v) is 6.59. The molecule has 1 unspecified atom stereocenters. The van der Waals surface area contributed by atoms with E-state index in [9.17, 15) is 23.2 Å². The van der Waals surface area contributed by atoms with E-state index in [1.165, 1.54) is 29.3 Å². The van der Waals surface area contributed by atoms with Gasteiger partial charge in [-0.25, -0.2) is 13.8 Å². The van der Waals surface area contributed by atoms with E-state index in [-0.39, 0.29) is 18.2 Å². The van der Waals surface area contributed by atoms with E-state index in [1.807, 2.05) is 0 Å². The number of imide groups is 1. The predicted molar refractivity (Wildman–Crippen MR) is 135 cm³/mol. The summed E-state index contributed by atoms with van der Waals surface area (Å²) in [7, 11) is 0. The van der Waals surface area contributed by atoms with Crippen molar-refractivity contribution in [3.63, 3.8) is 0 Å². The van der Waals surface area contributed by atoms with Crippen LogP contribution >= 0.6 is 11.8 Å². The average molecular weight is 520 g/mol. The molecule has 7 nitrogen and oxygen atoms in total. The van der Waals surface area contributed by atoms with Crippen molar-refractivity contribution in [2.45, 2.75) is 12.5 Å². The molecule has 0 radical (unpaired) electrons. The minimum Gasteiger partial charge on any atom is -0.484 e. The zero-order valence-corrected chi connectivity index (χ0v) is 20.0. The first kappa shape index (κ1) is 24.4. The van der Waals surface area contributed by atoms with Crippen LogP contribution in [0.4, 0.5) is 13.6 Å². The van der Waals surface area contributed by atoms with Gasteiger partial charge in [-0.2, -0.15) is 5.10 Å². The lowest BCUT2D eigenvalue weighted by molar-refractivity contribution is -0.135. The molecular weight excluding hydrogens is 500 g/mol. The van der Waals surface area contributed by atoms with Gasteiger partial charge in [-0.05, 0) is 70.9 Å². The fraction of sp³-hybridized carbons (Fsp3) is 0.111. The third kappa shape index (κ3) is 5.59. The number of amides is 3. The normalized spacial score (nSPS) is 18.2. The fourth-order valence-electron chi connectivity index (χ4n) is 3.95. The Balaban J connectivity index is 1.30. The molecule has 5 rings (SSSR count). The molecule has 3 aromatic rings. The molecule has 3 amide bonds. The Morgan fingerprint density at radius 3 is 2.27 bits per heavy atom. The van der Waals surface area contributed by atoms with Crippen LogP contribution in [0.1, 0.15) is 29.2 Å². The van der Waals surface area contributed by atoms with E-state index in [4.69, 9.17) is 4.74 Å². The number of hydrazone groups is 1. The van der Waals surface area contributed by atoms with Crippen LogP contribution in [0.5, 0.6) is 5.75 Å². The molecule has 37 heavy (non-hydrogen) atoms. The monoisotopic (exact) mass is 519 g/mol. The minimum absolute atomic E-state index is 0.296. The molecule has 3 aromatic carbocycles. The van der Waals surface area contributed by atoms with Crippen molar-refractivity contribution in [2.75, 3.05) is 6.61 Å². The number of carbonyl (C=O) groups excluding carboxylic acids is 3. The smallest absolute Gasteiger partial charge is 0.290 e. The van der Waals surface area contributed by atoms with Crippen molar-refractivity contribution in [1.82, 2.24) is 10.3 Å². The van der Waals surface area contributed by atoms with Gasteiger partial charge in [0.2, 0.25) is 0 Å². The van der Waals surface area contributed by atoms with Crippen LogP contribution < -0.4 is 10.1 Å². The Morgan fingerprint density at radius 1 is 1.00 bits per heavy atom. The summed E-state index contributed by atoms with van der Waals surface area (Å²) in [5, 5.41) is 7.59. The van der Waals surface area contributed by atoms with Gasteiger partial charge in [0, 0.05) is 6.42 Å². The maximum absolute atomic E-state index is 13.5. The molecule has 186 valence electrons. The standard InChI is InChI=1S/C27H19F2N3O4S/c28-19-7-3-17(4-8-19)22-14-23(18-5-9-20(29)10-6-18)32(31-22)25(33)15-36-21-11-1-16(2-12-21)13-24-26(34)30-27(35)37-24/h1-13,23H,14-15H2,(H,30,34,35)/b24-13+. The minimum atomic E-state index is -0.469. The van der Waals surface area contributed by atoms with Gasteiger partial charge in [0.05, 0.1) is 16.7 Å². The highest BCUT2D eigenvalue weighted by molar-refractivity contribution is 8.18. The SMILES string of the molecule is O=C1NC(=O)/C(=C\c2ccc(OCC(=O)N3N=C(c4ccc(F)cc4)CC3c3ccc(F)cc3)cc2)S1. The molecule has 1 N–H and O–H groups in total. The number of nitrogens with one attached hydrogen (secondary N) is 1. The first-order valence-electron chi connectivity index (χ1n) is 11.2. The maximum atomic E-state index is 13.5. The highest BCUT2D eigenvalue weighted by Gasteiger charge is 2.33. The zero-order chi connectivity index (χ0) is 25.9. The molecule has 2 aliphatic rings. The molecule has 0 aromatic heterocycles. The molecule has 2 aliphatic heterocycles. The van der Waals surface area contributed by atoms with Gasteiger partial charge >= 0.3 is 0 Å². The average Bonchev–Trinajstić information content (AvgIpc) is 3.47.